The van der Waals surface area contributed by atoms with Crippen LogP contribution < -0.4 is 5.32 Å². The Bertz CT molecular complexity index is 1040. The van der Waals surface area contributed by atoms with Crippen molar-refractivity contribution in [2.24, 2.45) is 4.99 Å². The number of hydrogen-bond donors (Lipinski definition) is 3. The number of unbranched alkanes of at least 4 members (excludes halogenated alkanes) is 2. The van der Waals surface area contributed by atoms with Crippen molar-refractivity contribution in [3.05, 3.63) is 59.7 Å². The fourth-order valence-corrected chi connectivity index (χ4v) is 4.57. The molecule has 1 heterocycles. The van der Waals surface area contributed by atoms with Crippen LogP contribution in [0, 0.1) is 0 Å². The minimum atomic E-state index is -1.39. The van der Waals surface area contributed by atoms with E-state index in [2.05, 4.69) is 17.2 Å². The first-order valence-electron chi connectivity index (χ1n) is 12.0. The first-order valence-corrected chi connectivity index (χ1v) is 13.0. The second kappa shape index (κ2) is 15.6. The van der Waals surface area contributed by atoms with Crippen LogP contribution >= 0.6 is 11.8 Å². The molecule has 37 heavy (non-hydrogen) atoms. The Balaban J connectivity index is 2.00. The van der Waals surface area contributed by atoms with E-state index in [0.717, 1.165) is 36.6 Å². The van der Waals surface area contributed by atoms with Crippen LogP contribution in [-0.2, 0) is 30.4 Å². The molecule has 2 unspecified atom stereocenters. The Morgan fingerprint density at radius 2 is 1.95 bits per heavy atom. The van der Waals surface area contributed by atoms with Crippen molar-refractivity contribution in [1.82, 2.24) is 10.4 Å². The van der Waals surface area contributed by atoms with E-state index in [4.69, 9.17) is 4.84 Å². The summed E-state index contributed by atoms with van der Waals surface area (Å²) in [6, 6.07) is 7.47. The molecule has 11 heteroatoms. The number of nitrogens with one attached hydrogen (secondary N) is 1. The summed E-state index contributed by atoms with van der Waals surface area (Å²) in [6.07, 6.45) is 7.67. The monoisotopic (exact) mass is 531 g/mol. The lowest BCUT2D eigenvalue weighted by molar-refractivity contribution is -0.183. The first kappa shape index (κ1) is 29.8. The van der Waals surface area contributed by atoms with Crippen LogP contribution in [0.15, 0.2) is 59.1 Å². The van der Waals surface area contributed by atoms with Gasteiger partial charge in [0, 0.05) is 19.3 Å². The third-order valence-corrected chi connectivity index (χ3v) is 6.50. The van der Waals surface area contributed by atoms with Crippen molar-refractivity contribution in [3.8, 4) is 0 Å². The highest BCUT2D eigenvalue weighted by Gasteiger charge is 2.34. The van der Waals surface area contributed by atoms with Crippen molar-refractivity contribution in [3.63, 3.8) is 0 Å². The maximum absolute atomic E-state index is 12.4. The molecule has 1 aromatic rings. The Labute approximate surface area is 220 Å². The summed E-state index contributed by atoms with van der Waals surface area (Å²) in [5.41, 5.74) is 0.809. The van der Waals surface area contributed by atoms with Gasteiger partial charge in [-0.05, 0) is 17.6 Å². The van der Waals surface area contributed by atoms with Gasteiger partial charge in [0.2, 0.25) is 5.91 Å². The number of amides is 1. The third-order valence-electron chi connectivity index (χ3n) is 5.30. The Hall–Kier alpha value is -3.44. The molecule has 0 saturated carbocycles. The molecule has 200 valence electrons. The number of allylic oxidation sites excluding steroid dienone is 2. The van der Waals surface area contributed by atoms with E-state index in [1.54, 1.807) is 43.5 Å². The van der Waals surface area contributed by atoms with E-state index in [1.165, 1.54) is 11.1 Å². The van der Waals surface area contributed by atoms with Crippen molar-refractivity contribution >= 4 is 41.3 Å². The molecular formula is C26H33N3O7S. The van der Waals surface area contributed by atoms with Gasteiger partial charge in [-0.15, -0.1) is 16.8 Å². The van der Waals surface area contributed by atoms with Crippen LogP contribution in [0.5, 0.6) is 0 Å². The van der Waals surface area contributed by atoms with E-state index in [1.807, 2.05) is 6.07 Å². The standard InChI is InChI=1S/C26H33N3O7S/c1-3-4-10-15-29(2)36-21(31)14-9-8-13-19-17-37-24(28-22(19)25(32)33)23(26(34)35)27-20(30)16-18-11-6-5-7-12-18/h5-9,11-13,23-24H,3-4,10,14-17H2,1-2H3,(H,27,30)(H,32,33)(H,34,35)/b9-8+,19-13+. The molecule has 1 aromatic carbocycles. The predicted octanol–water partition coefficient (Wildman–Crippen LogP) is 2.85. The number of aliphatic imine (C=N–C) groups is 1. The smallest absolute Gasteiger partial charge is 0.354 e. The van der Waals surface area contributed by atoms with Crippen LogP contribution in [0.2, 0.25) is 0 Å². The number of benzene rings is 1. The average Bonchev–Trinajstić information content (AvgIpc) is 2.85. The average molecular weight is 532 g/mol. The second-order valence-corrected chi connectivity index (χ2v) is 9.48. The first-order chi connectivity index (χ1) is 17.7. The Morgan fingerprint density at radius 1 is 1.22 bits per heavy atom. The quantitative estimate of drug-likeness (QED) is 0.244. The van der Waals surface area contributed by atoms with E-state index >= 15 is 0 Å². The van der Waals surface area contributed by atoms with Crippen molar-refractivity contribution in [1.29, 1.82) is 0 Å². The number of carboxylic acid groups (broad SMARTS) is 2. The Kier molecular flexibility index (Phi) is 12.6. The molecule has 10 nitrogen and oxygen atoms in total. The van der Waals surface area contributed by atoms with Crippen LogP contribution in [0.4, 0.5) is 0 Å². The van der Waals surface area contributed by atoms with E-state index in [9.17, 15) is 29.4 Å². The molecule has 0 aromatic heterocycles. The molecule has 2 atom stereocenters. The summed E-state index contributed by atoms with van der Waals surface area (Å²) in [6.45, 7) is 2.74. The van der Waals surface area contributed by atoms with Crippen molar-refractivity contribution < 1.29 is 34.2 Å². The Morgan fingerprint density at radius 3 is 2.59 bits per heavy atom. The van der Waals surface area contributed by atoms with E-state index in [-0.39, 0.29) is 24.3 Å². The topological polar surface area (TPSA) is 146 Å². The number of aliphatic carboxylic acids is 2. The molecule has 0 aliphatic carbocycles. The second-order valence-electron chi connectivity index (χ2n) is 8.38. The van der Waals surface area contributed by atoms with Crippen LogP contribution in [0.25, 0.3) is 0 Å². The highest BCUT2D eigenvalue weighted by Crippen LogP contribution is 2.27. The zero-order valence-corrected chi connectivity index (χ0v) is 21.8. The zero-order valence-electron chi connectivity index (χ0n) is 21.0. The maximum Gasteiger partial charge on any atom is 0.354 e. The fourth-order valence-electron chi connectivity index (χ4n) is 3.43. The molecule has 1 aliphatic rings. The molecule has 0 spiro atoms. The lowest BCUT2D eigenvalue weighted by atomic mass is 10.1. The SMILES string of the molecule is CCCCCN(C)OC(=O)C/C=C/C=C1\CSC(C(NC(=O)Cc2ccccc2)C(=O)O)N=C1C(=O)O. The number of thioether (sulfide) groups is 1. The molecular weight excluding hydrogens is 498 g/mol. The van der Waals surface area contributed by atoms with Gasteiger partial charge in [-0.25, -0.2) is 9.59 Å². The fraction of sp³-hybridized carbons (Fsp3) is 0.423. The van der Waals surface area contributed by atoms with E-state index in [0.29, 0.717) is 12.1 Å². The molecule has 0 bridgehead atoms. The summed E-state index contributed by atoms with van der Waals surface area (Å²) in [7, 11) is 1.69. The lowest BCUT2D eigenvalue weighted by Gasteiger charge is -2.26. The zero-order chi connectivity index (χ0) is 27.2. The molecule has 1 aliphatic heterocycles. The number of carboxylic acids is 2. The van der Waals surface area contributed by atoms with E-state index < -0.39 is 35.2 Å². The summed E-state index contributed by atoms with van der Waals surface area (Å²) < 4.78 is 0. The van der Waals surface area contributed by atoms with Gasteiger partial charge in [-0.3, -0.25) is 14.6 Å². The number of nitrogens with zero attached hydrogens (tertiary/aromatic N) is 2. The largest absolute Gasteiger partial charge is 0.480 e. The summed E-state index contributed by atoms with van der Waals surface area (Å²) in [5.74, 6) is -3.38. The number of hydrogen-bond acceptors (Lipinski definition) is 8. The highest BCUT2D eigenvalue weighted by molar-refractivity contribution is 8.00. The molecule has 0 saturated heterocycles. The molecule has 2 rings (SSSR count). The number of hydroxylamine groups is 2. The minimum absolute atomic E-state index is 0.00570. The van der Waals surface area contributed by atoms with Gasteiger partial charge in [0.25, 0.3) is 0 Å². The van der Waals surface area contributed by atoms with Gasteiger partial charge in [-0.1, -0.05) is 68.3 Å². The summed E-state index contributed by atoms with van der Waals surface area (Å²) >= 11 is 1.11. The van der Waals surface area contributed by atoms with Crippen LogP contribution in [-0.4, -0.2) is 75.6 Å². The number of rotatable bonds is 14. The minimum Gasteiger partial charge on any atom is -0.480 e. The predicted molar refractivity (Wildman–Crippen MR) is 141 cm³/mol. The van der Waals surface area contributed by atoms with Gasteiger partial charge in [0.15, 0.2) is 6.04 Å². The van der Waals surface area contributed by atoms with Crippen LogP contribution in [0.1, 0.15) is 38.2 Å². The summed E-state index contributed by atoms with van der Waals surface area (Å²) in [5, 5.41) is 22.2. The van der Waals surface area contributed by atoms with Gasteiger partial charge in [0.05, 0.1) is 12.8 Å². The molecule has 0 fully saturated rings. The highest BCUT2D eigenvalue weighted by atomic mass is 32.2. The van der Waals surface area contributed by atoms with Crippen molar-refractivity contribution in [2.45, 2.75) is 50.4 Å². The van der Waals surface area contributed by atoms with Crippen LogP contribution in [0.3, 0.4) is 0 Å². The van der Waals surface area contributed by atoms with Gasteiger partial charge < -0.3 is 20.4 Å². The molecule has 3 N–H and O–H groups in total. The van der Waals surface area contributed by atoms with Gasteiger partial charge >= 0.3 is 17.9 Å². The van der Waals surface area contributed by atoms with Gasteiger partial charge in [0.1, 0.15) is 11.1 Å². The normalized spacial score (nSPS) is 17.4. The van der Waals surface area contributed by atoms with Crippen molar-refractivity contribution in [2.75, 3.05) is 19.3 Å². The lowest BCUT2D eigenvalue weighted by Crippen LogP contribution is -2.49. The van der Waals surface area contributed by atoms with Gasteiger partial charge in [-0.2, -0.15) is 0 Å². The number of carbonyl (C=O) groups excluding carboxylic acids is 2. The maximum atomic E-state index is 12.4. The molecule has 1 amide bonds. The summed E-state index contributed by atoms with van der Waals surface area (Å²) in [4.78, 5) is 57.3. The molecule has 0 radical (unpaired) electrons. The third kappa shape index (κ3) is 10.6. The number of carbonyl (C=O) groups is 4.